The van der Waals surface area contributed by atoms with Crippen LogP contribution in [0.25, 0.3) is 0 Å². The first-order chi connectivity index (χ1) is 7.26. The van der Waals surface area contributed by atoms with Crippen molar-refractivity contribution in [3.63, 3.8) is 0 Å². The molecule has 1 rings (SSSR count). The maximum atomic E-state index is 8.83. The summed E-state index contributed by atoms with van der Waals surface area (Å²) < 4.78 is 0. The molecular formula is C13H18N2. The molecule has 1 aromatic carbocycles. The van der Waals surface area contributed by atoms with Gasteiger partial charge in [0.15, 0.2) is 0 Å². The number of nitrogens with zero attached hydrogens (tertiary/aromatic N) is 1. The summed E-state index contributed by atoms with van der Waals surface area (Å²) in [4.78, 5) is 0. The minimum Gasteiger partial charge on any atom is -0.299 e. The second-order valence-corrected chi connectivity index (χ2v) is 3.85. The Balaban J connectivity index is 2.43. The molecule has 0 aliphatic rings. The van der Waals surface area contributed by atoms with Gasteiger partial charge in [0.1, 0.15) is 0 Å². The third kappa shape index (κ3) is 4.14. The van der Waals surface area contributed by atoms with Crippen molar-refractivity contribution in [1.82, 2.24) is 5.32 Å². The van der Waals surface area contributed by atoms with Crippen molar-refractivity contribution in [2.75, 3.05) is 0 Å². The van der Waals surface area contributed by atoms with Crippen molar-refractivity contribution in [2.24, 2.45) is 0 Å². The average molecular weight is 202 g/mol. The minimum atomic E-state index is -0.0243. The van der Waals surface area contributed by atoms with Crippen molar-refractivity contribution in [3.05, 3.63) is 35.9 Å². The van der Waals surface area contributed by atoms with E-state index in [2.05, 4.69) is 30.4 Å². The molecule has 0 aliphatic carbocycles. The predicted octanol–water partition coefficient (Wildman–Crippen LogP) is 2.51. The highest BCUT2D eigenvalue weighted by Gasteiger charge is 2.08. The SMILES string of the molecule is CC[C@H](C#N)N[C@@H](C)Cc1ccccc1. The molecule has 0 spiro atoms. The van der Waals surface area contributed by atoms with Crippen LogP contribution < -0.4 is 5.32 Å². The Kier molecular flexibility index (Phi) is 4.86. The standard InChI is InChI=1S/C13H18N2/c1-3-13(10-14)15-11(2)9-12-7-5-4-6-8-12/h4-8,11,13,15H,3,9H2,1-2H3/t11-,13+/m0/s1. The van der Waals surface area contributed by atoms with Gasteiger partial charge in [0.25, 0.3) is 0 Å². The number of hydrogen-bond donors (Lipinski definition) is 1. The molecule has 0 aliphatic heterocycles. The largest absolute Gasteiger partial charge is 0.299 e. The lowest BCUT2D eigenvalue weighted by atomic mass is 10.1. The van der Waals surface area contributed by atoms with Gasteiger partial charge in [0.05, 0.1) is 12.1 Å². The Bertz CT molecular complexity index is 313. The van der Waals surface area contributed by atoms with E-state index in [9.17, 15) is 0 Å². The molecule has 0 aromatic heterocycles. The monoisotopic (exact) mass is 202 g/mol. The zero-order valence-electron chi connectivity index (χ0n) is 9.40. The van der Waals surface area contributed by atoms with E-state index in [1.807, 2.05) is 25.1 Å². The van der Waals surface area contributed by atoms with E-state index in [0.29, 0.717) is 6.04 Å². The lowest BCUT2D eigenvalue weighted by Crippen LogP contribution is -2.36. The Morgan fingerprint density at radius 3 is 2.53 bits per heavy atom. The second-order valence-electron chi connectivity index (χ2n) is 3.85. The lowest BCUT2D eigenvalue weighted by Gasteiger charge is -2.16. The third-order valence-electron chi connectivity index (χ3n) is 2.43. The molecule has 2 nitrogen and oxygen atoms in total. The van der Waals surface area contributed by atoms with Crippen LogP contribution >= 0.6 is 0 Å². The number of nitrogens with one attached hydrogen (secondary N) is 1. The van der Waals surface area contributed by atoms with Crippen LogP contribution in [0.3, 0.4) is 0 Å². The van der Waals surface area contributed by atoms with Crippen LogP contribution in [0.5, 0.6) is 0 Å². The fourth-order valence-corrected chi connectivity index (χ4v) is 1.62. The second kappa shape index (κ2) is 6.21. The number of benzene rings is 1. The van der Waals surface area contributed by atoms with Gasteiger partial charge in [-0.2, -0.15) is 5.26 Å². The van der Waals surface area contributed by atoms with Gasteiger partial charge in [-0.15, -0.1) is 0 Å². The van der Waals surface area contributed by atoms with Crippen molar-refractivity contribution >= 4 is 0 Å². The number of hydrogen-bond acceptors (Lipinski definition) is 2. The van der Waals surface area contributed by atoms with Gasteiger partial charge in [-0.3, -0.25) is 5.32 Å². The van der Waals surface area contributed by atoms with Crippen LogP contribution in [0.1, 0.15) is 25.8 Å². The van der Waals surface area contributed by atoms with Gasteiger partial charge in [-0.25, -0.2) is 0 Å². The zero-order chi connectivity index (χ0) is 11.1. The Morgan fingerprint density at radius 1 is 1.33 bits per heavy atom. The molecule has 0 unspecified atom stereocenters. The quantitative estimate of drug-likeness (QED) is 0.796. The average Bonchev–Trinajstić information content (AvgIpc) is 2.27. The zero-order valence-corrected chi connectivity index (χ0v) is 9.40. The topological polar surface area (TPSA) is 35.8 Å². The summed E-state index contributed by atoms with van der Waals surface area (Å²) in [5, 5.41) is 12.1. The molecule has 0 bridgehead atoms. The van der Waals surface area contributed by atoms with E-state index in [4.69, 9.17) is 5.26 Å². The summed E-state index contributed by atoms with van der Waals surface area (Å²) >= 11 is 0. The molecule has 2 heteroatoms. The number of nitriles is 1. The first kappa shape index (κ1) is 11.7. The lowest BCUT2D eigenvalue weighted by molar-refractivity contribution is 0.490. The summed E-state index contributed by atoms with van der Waals surface area (Å²) in [5.74, 6) is 0. The predicted molar refractivity (Wildman–Crippen MR) is 62.4 cm³/mol. The van der Waals surface area contributed by atoms with Crippen LogP contribution in [-0.4, -0.2) is 12.1 Å². The van der Waals surface area contributed by atoms with E-state index < -0.39 is 0 Å². The van der Waals surface area contributed by atoms with Crippen LogP contribution in [0, 0.1) is 11.3 Å². The van der Waals surface area contributed by atoms with Gasteiger partial charge in [0, 0.05) is 6.04 Å². The van der Waals surface area contributed by atoms with Crippen LogP contribution in [0.4, 0.5) is 0 Å². The first-order valence-electron chi connectivity index (χ1n) is 5.45. The Hall–Kier alpha value is -1.33. The Labute approximate surface area is 91.9 Å². The van der Waals surface area contributed by atoms with E-state index in [1.165, 1.54) is 5.56 Å². The molecule has 0 fully saturated rings. The van der Waals surface area contributed by atoms with E-state index >= 15 is 0 Å². The summed E-state index contributed by atoms with van der Waals surface area (Å²) in [6.45, 7) is 4.14. The molecule has 0 saturated heterocycles. The summed E-state index contributed by atoms with van der Waals surface area (Å²) in [6.07, 6.45) is 1.83. The van der Waals surface area contributed by atoms with Gasteiger partial charge in [-0.05, 0) is 25.3 Å². The maximum absolute atomic E-state index is 8.83. The number of rotatable bonds is 5. The van der Waals surface area contributed by atoms with Crippen LogP contribution in [-0.2, 0) is 6.42 Å². The van der Waals surface area contributed by atoms with E-state index in [-0.39, 0.29) is 6.04 Å². The van der Waals surface area contributed by atoms with E-state index in [0.717, 1.165) is 12.8 Å². The highest BCUT2D eigenvalue weighted by molar-refractivity contribution is 5.15. The summed E-state index contributed by atoms with van der Waals surface area (Å²) in [5.41, 5.74) is 1.31. The summed E-state index contributed by atoms with van der Waals surface area (Å²) in [6, 6.07) is 12.9. The molecule has 2 atom stereocenters. The molecule has 15 heavy (non-hydrogen) atoms. The van der Waals surface area contributed by atoms with Gasteiger partial charge < -0.3 is 0 Å². The fraction of sp³-hybridized carbons (Fsp3) is 0.462. The Morgan fingerprint density at radius 2 is 2.00 bits per heavy atom. The van der Waals surface area contributed by atoms with Gasteiger partial charge in [-0.1, -0.05) is 37.3 Å². The van der Waals surface area contributed by atoms with Crippen LogP contribution in [0.2, 0.25) is 0 Å². The van der Waals surface area contributed by atoms with Crippen LogP contribution in [0.15, 0.2) is 30.3 Å². The van der Waals surface area contributed by atoms with Gasteiger partial charge in [0.2, 0.25) is 0 Å². The summed E-state index contributed by atoms with van der Waals surface area (Å²) in [7, 11) is 0. The minimum absolute atomic E-state index is 0.0243. The smallest absolute Gasteiger partial charge is 0.0952 e. The first-order valence-corrected chi connectivity index (χ1v) is 5.45. The normalized spacial score (nSPS) is 14.2. The molecule has 0 saturated carbocycles. The fourth-order valence-electron chi connectivity index (χ4n) is 1.62. The molecule has 0 amide bonds. The molecular weight excluding hydrogens is 184 g/mol. The molecule has 0 heterocycles. The molecule has 0 radical (unpaired) electrons. The highest BCUT2D eigenvalue weighted by atomic mass is 14.9. The van der Waals surface area contributed by atoms with Crippen molar-refractivity contribution in [2.45, 2.75) is 38.8 Å². The van der Waals surface area contributed by atoms with Crippen molar-refractivity contribution in [1.29, 1.82) is 5.26 Å². The van der Waals surface area contributed by atoms with E-state index in [1.54, 1.807) is 0 Å². The third-order valence-corrected chi connectivity index (χ3v) is 2.43. The molecule has 1 aromatic rings. The molecule has 80 valence electrons. The molecule has 1 N–H and O–H groups in total. The maximum Gasteiger partial charge on any atom is 0.0952 e. The van der Waals surface area contributed by atoms with Crippen molar-refractivity contribution in [3.8, 4) is 6.07 Å². The van der Waals surface area contributed by atoms with Gasteiger partial charge >= 0.3 is 0 Å². The van der Waals surface area contributed by atoms with Crippen molar-refractivity contribution < 1.29 is 0 Å². The highest BCUT2D eigenvalue weighted by Crippen LogP contribution is 2.03.